The highest BCUT2D eigenvalue weighted by molar-refractivity contribution is 9.10. The van der Waals surface area contributed by atoms with Crippen molar-refractivity contribution in [2.45, 2.75) is 20.3 Å². The molecule has 0 aromatic carbocycles. The molecule has 2 amide bonds. The summed E-state index contributed by atoms with van der Waals surface area (Å²) < 4.78 is 5.88. The van der Waals surface area contributed by atoms with Gasteiger partial charge in [-0.2, -0.15) is 0 Å². The topological polar surface area (TPSA) is 62.7 Å². The summed E-state index contributed by atoms with van der Waals surface area (Å²) in [6.45, 7) is 5.37. The second-order valence-corrected chi connectivity index (χ2v) is 6.42. The molecule has 0 N–H and O–H groups in total. The Hall–Kier alpha value is -1.63. The summed E-state index contributed by atoms with van der Waals surface area (Å²) in [6, 6.07) is 5.43. The summed E-state index contributed by atoms with van der Waals surface area (Å²) in [5.74, 6) is 0.718. The molecule has 0 bridgehead atoms. The number of carbonyl (C=O) groups is 2. The maximum absolute atomic E-state index is 12.4. The van der Waals surface area contributed by atoms with Crippen LogP contribution in [0.2, 0.25) is 0 Å². The molecule has 0 atom stereocenters. The molecule has 1 aromatic rings. The van der Waals surface area contributed by atoms with E-state index in [0.29, 0.717) is 36.5 Å². The third-order valence-electron chi connectivity index (χ3n) is 3.21. The summed E-state index contributed by atoms with van der Waals surface area (Å²) >= 11 is 3.30. The standard InChI is InChI=1S/C15H20BrN3O3/c1-11(2)10-22-15(21)18-7-4-8-19(14(20)9-18)13-6-3-5-12(16)17-13/h3,5-6,11H,4,7-10H2,1-2H3. The Labute approximate surface area is 138 Å². The first-order valence-electron chi connectivity index (χ1n) is 7.32. The fourth-order valence-corrected chi connectivity index (χ4v) is 2.48. The second kappa shape index (κ2) is 7.58. The Balaban J connectivity index is 2.03. The maximum atomic E-state index is 12.4. The second-order valence-electron chi connectivity index (χ2n) is 5.61. The molecule has 22 heavy (non-hydrogen) atoms. The Morgan fingerprint density at radius 2 is 2.18 bits per heavy atom. The molecule has 1 saturated heterocycles. The Kier molecular flexibility index (Phi) is 5.76. The summed E-state index contributed by atoms with van der Waals surface area (Å²) in [7, 11) is 0. The molecule has 2 rings (SSSR count). The van der Waals surface area contributed by atoms with Crippen LogP contribution in [0.3, 0.4) is 0 Å². The van der Waals surface area contributed by atoms with Gasteiger partial charge in [0.25, 0.3) is 0 Å². The molecule has 0 aliphatic carbocycles. The minimum Gasteiger partial charge on any atom is -0.449 e. The number of ether oxygens (including phenoxy) is 1. The lowest BCUT2D eigenvalue weighted by molar-refractivity contribution is -0.119. The van der Waals surface area contributed by atoms with E-state index in [4.69, 9.17) is 4.74 Å². The van der Waals surface area contributed by atoms with Crippen molar-refractivity contribution in [3.8, 4) is 0 Å². The molecular formula is C15H20BrN3O3. The van der Waals surface area contributed by atoms with Gasteiger partial charge in [-0.15, -0.1) is 0 Å². The molecule has 1 aromatic heterocycles. The molecule has 0 radical (unpaired) electrons. The minimum atomic E-state index is -0.425. The maximum Gasteiger partial charge on any atom is 0.410 e. The van der Waals surface area contributed by atoms with Gasteiger partial charge in [-0.05, 0) is 40.4 Å². The van der Waals surface area contributed by atoms with E-state index in [0.717, 1.165) is 0 Å². The van der Waals surface area contributed by atoms with Gasteiger partial charge in [-0.3, -0.25) is 14.6 Å². The van der Waals surface area contributed by atoms with Gasteiger partial charge in [0, 0.05) is 13.1 Å². The van der Waals surface area contributed by atoms with Gasteiger partial charge >= 0.3 is 6.09 Å². The summed E-state index contributed by atoms with van der Waals surface area (Å²) in [4.78, 5) is 31.8. The molecule has 0 saturated carbocycles. The van der Waals surface area contributed by atoms with Gasteiger partial charge < -0.3 is 4.74 Å². The van der Waals surface area contributed by atoms with E-state index in [1.807, 2.05) is 19.9 Å². The van der Waals surface area contributed by atoms with Crippen molar-refractivity contribution >= 4 is 33.7 Å². The zero-order chi connectivity index (χ0) is 16.1. The molecular weight excluding hydrogens is 350 g/mol. The minimum absolute atomic E-state index is 0.0190. The van der Waals surface area contributed by atoms with Crippen LogP contribution >= 0.6 is 15.9 Å². The number of anilines is 1. The lowest BCUT2D eigenvalue weighted by atomic mass is 10.2. The Bertz CT molecular complexity index is 551. The normalized spacial score (nSPS) is 15.9. The highest BCUT2D eigenvalue weighted by Crippen LogP contribution is 2.18. The van der Waals surface area contributed by atoms with Gasteiger partial charge in [0.2, 0.25) is 5.91 Å². The molecule has 0 unspecified atom stereocenters. The van der Waals surface area contributed by atoms with E-state index in [1.165, 1.54) is 4.90 Å². The van der Waals surface area contributed by atoms with E-state index >= 15 is 0 Å². The van der Waals surface area contributed by atoms with Crippen LogP contribution in [0.15, 0.2) is 22.8 Å². The molecule has 0 spiro atoms. The number of rotatable bonds is 3. The number of hydrogen-bond acceptors (Lipinski definition) is 4. The first-order valence-corrected chi connectivity index (χ1v) is 8.11. The van der Waals surface area contributed by atoms with Gasteiger partial charge in [0.05, 0.1) is 6.61 Å². The van der Waals surface area contributed by atoms with Crippen molar-refractivity contribution in [3.63, 3.8) is 0 Å². The van der Waals surface area contributed by atoms with Crippen LogP contribution in [0.4, 0.5) is 10.6 Å². The van der Waals surface area contributed by atoms with E-state index in [-0.39, 0.29) is 18.4 Å². The van der Waals surface area contributed by atoms with Gasteiger partial charge in [0.15, 0.2) is 0 Å². The lowest BCUT2D eigenvalue weighted by Gasteiger charge is -2.21. The van der Waals surface area contributed by atoms with Crippen molar-refractivity contribution in [1.29, 1.82) is 0 Å². The van der Waals surface area contributed by atoms with Crippen LogP contribution in [-0.2, 0) is 9.53 Å². The van der Waals surface area contributed by atoms with Gasteiger partial charge in [0.1, 0.15) is 17.0 Å². The van der Waals surface area contributed by atoms with Crippen molar-refractivity contribution in [3.05, 3.63) is 22.8 Å². The summed E-state index contributed by atoms with van der Waals surface area (Å²) in [5, 5.41) is 0. The summed E-state index contributed by atoms with van der Waals surface area (Å²) in [6.07, 6.45) is 0.266. The van der Waals surface area contributed by atoms with Crippen LogP contribution in [0, 0.1) is 5.92 Å². The molecule has 1 fully saturated rings. The molecule has 2 heterocycles. The lowest BCUT2D eigenvalue weighted by Crippen LogP contribution is -2.40. The largest absolute Gasteiger partial charge is 0.449 e. The van der Waals surface area contributed by atoms with Gasteiger partial charge in [-0.25, -0.2) is 9.78 Å². The van der Waals surface area contributed by atoms with Crippen LogP contribution in [0.25, 0.3) is 0 Å². The highest BCUT2D eigenvalue weighted by Gasteiger charge is 2.27. The quantitative estimate of drug-likeness (QED) is 0.768. The predicted octanol–water partition coefficient (Wildman–Crippen LogP) is 2.68. The number of halogens is 1. The molecule has 7 heteroatoms. The third kappa shape index (κ3) is 4.43. The summed E-state index contributed by atoms with van der Waals surface area (Å²) in [5.41, 5.74) is 0. The Morgan fingerprint density at radius 1 is 1.41 bits per heavy atom. The average Bonchev–Trinajstić information content (AvgIpc) is 2.66. The van der Waals surface area contributed by atoms with Gasteiger partial charge in [-0.1, -0.05) is 19.9 Å². The predicted molar refractivity (Wildman–Crippen MR) is 86.7 cm³/mol. The number of aromatic nitrogens is 1. The molecule has 120 valence electrons. The monoisotopic (exact) mass is 369 g/mol. The number of hydrogen-bond donors (Lipinski definition) is 0. The van der Waals surface area contributed by atoms with Crippen LogP contribution in [0.5, 0.6) is 0 Å². The van der Waals surface area contributed by atoms with E-state index in [2.05, 4.69) is 20.9 Å². The fraction of sp³-hybridized carbons (Fsp3) is 0.533. The smallest absolute Gasteiger partial charge is 0.410 e. The average molecular weight is 370 g/mol. The van der Waals surface area contributed by atoms with Crippen LogP contribution in [-0.4, -0.2) is 48.1 Å². The highest BCUT2D eigenvalue weighted by atomic mass is 79.9. The first kappa shape index (κ1) is 16.7. The zero-order valence-electron chi connectivity index (χ0n) is 12.8. The van der Waals surface area contributed by atoms with Crippen molar-refractivity contribution in [2.24, 2.45) is 5.92 Å². The zero-order valence-corrected chi connectivity index (χ0v) is 14.4. The van der Waals surface area contributed by atoms with E-state index < -0.39 is 6.09 Å². The van der Waals surface area contributed by atoms with E-state index in [9.17, 15) is 9.59 Å². The Morgan fingerprint density at radius 3 is 2.86 bits per heavy atom. The third-order valence-corrected chi connectivity index (χ3v) is 3.65. The van der Waals surface area contributed by atoms with E-state index in [1.54, 1.807) is 17.0 Å². The van der Waals surface area contributed by atoms with Crippen LogP contribution in [0.1, 0.15) is 20.3 Å². The number of amides is 2. The van der Waals surface area contributed by atoms with Crippen molar-refractivity contribution in [2.75, 3.05) is 31.1 Å². The molecule has 1 aliphatic rings. The number of carbonyl (C=O) groups excluding carboxylic acids is 2. The van der Waals surface area contributed by atoms with Crippen molar-refractivity contribution in [1.82, 2.24) is 9.88 Å². The fourth-order valence-electron chi connectivity index (χ4n) is 2.15. The number of nitrogens with zero attached hydrogens (tertiary/aromatic N) is 3. The van der Waals surface area contributed by atoms with Crippen molar-refractivity contribution < 1.29 is 14.3 Å². The number of pyridine rings is 1. The molecule has 6 nitrogen and oxygen atoms in total. The first-order chi connectivity index (χ1) is 10.5. The van der Waals surface area contributed by atoms with Crippen LogP contribution < -0.4 is 4.90 Å². The SMILES string of the molecule is CC(C)COC(=O)N1CCCN(c2cccc(Br)n2)C(=O)C1. The molecule has 1 aliphatic heterocycles.